The Morgan fingerprint density at radius 1 is 1.38 bits per heavy atom. The second kappa shape index (κ2) is 4.21. The Kier molecular flexibility index (Phi) is 2.91. The van der Waals surface area contributed by atoms with E-state index >= 15 is 0 Å². The van der Waals surface area contributed by atoms with Crippen molar-refractivity contribution in [2.45, 2.75) is 26.8 Å². The molecule has 0 saturated heterocycles. The molecular weight excluding hydrogens is 222 g/mol. The van der Waals surface area contributed by atoms with E-state index in [9.17, 15) is 0 Å². The molecule has 2 heterocycles. The van der Waals surface area contributed by atoms with Crippen LogP contribution in [-0.2, 0) is 7.05 Å². The van der Waals surface area contributed by atoms with Crippen molar-refractivity contribution >= 4 is 16.5 Å². The van der Waals surface area contributed by atoms with Crippen LogP contribution < -0.4 is 5.32 Å². The molecule has 0 bridgehead atoms. The van der Waals surface area contributed by atoms with E-state index in [4.69, 9.17) is 0 Å². The van der Waals surface area contributed by atoms with Crippen LogP contribution in [0.4, 0.5) is 5.13 Å². The van der Waals surface area contributed by atoms with Gasteiger partial charge in [-0.3, -0.25) is 4.68 Å². The Labute approximate surface area is 98.5 Å². The zero-order valence-electron chi connectivity index (χ0n) is 9.85. The van der Waals surface area contributed by atoms with Crippen molar-refractivity contribution in [3.8, 4) is 0 Å². The summed E-state index contributed by atoms with van der Waals surface area (Å²) in [6, 6.07) is 0.195. The van der Waals surface area contributed by atoms with Gasteiger partial charge in [0.15, 0.2) is 0 Å². The van der Waals surface area contributed by atoms with E-state index in [2.05, 4.69) is 27.5 Å². The summed E-state index contributed by atoms with van der Waals surface area (Å²) in [5, 5.41) is 17.5. The number of hydrogen-bond acceptors (Lipinski definition) is 5. The second-order valence-electron chi connectivity index (χ2n) is 3.84. The minimum absolute atomic E-state index is 0.195. The summed E-state index contributed by atoms with van der Waals surface area (Å²) >= 11 is 1.56. The average molecular weight is 237 g/mol. The molecule has 0 aliphatic rings. The SMILES string of the molecule is Cc1nnc(NC(C)c2cn(C)nc2C)s1. The van der Waals surface area contributed by atoms with Crippen LogP contribution in [-0.4, -0.2) is 20.0 Å². The summed E-state index contributed by atoms with van der Waals surface area (Å²) in [5.74, 6) is 0. The number of aromatic nitrogens is 4. The lowest BCUT2D eigenvalue weighted by atomic mass is 10.1. The van der Waals surface area contributed by atoms with Crippen LogP contribution in [0.2, 0.25) is 0 Å². The Morgan fingerprint density at radius 2 is 2.12 bits per heavy atom. The van der Waals surface area contributed by atoms with E-state index in [1.807, 2.05) is 31.8 Å². The molecule has 5 nitrogen and oxygen atoms in total. The summed E-state index contributed by atoms with van der Waals surface area (Å²) in [4.78, 5) is 0. The summed E-state index contributed by atoms with van der Waals surface area (Å²) in [6.45, 7) is 6.06. The van der Waals surface area contributed by atoms with Crippen LogP contribution in [0, 0.1) is 13.8 Å². The van der Waals surface area contributed by atoms with Crippen LogP contribution in [0.1, 0.15) is 29.2 Å². The highest BCUT2D eigenvalue weighted by Gasteiger charge is 2.13. The van der Waals surface area contributed by atoms with Crippen LogP contribution in [0.3, 0.4) is 0 Å². The van der Waals surface area contributed by atoms with Gasteiger partial charge in [0.25, 0.3) is 0 Å². The van der Waals surface area contributed by atoms with Gasteiger partial charge in [0.1, 0.15) is 5.01 Å². The molecule has 16 heavy (non-hydrogen) atoms. The maximum absolute atomic E-state index is 4.32. The van der Waals surface area contributed by atoms with E-state index in [1.54, 1.807) is 11.3 Å². The number of nitrogens with one attached hydrogen (secondary N) is 1. The Bertz CT molecular complexity index is 487. The fourth-order valence-corrected chi connectivity index (χ4v) is 2.34. The summed E-state index contributed by atoms with van der Waals surface area (Å²) in [7, 11) is 1.93. The van der Waals surface area contributed by atoms with E-state index in [0.717, 1.165) is 15.8 Å². The van der Waals surface area contributed by atoms with Crippen molar-refractivity contribution in [2.24, 2.45) is 7.05 Å². The smallest absolute Gasteiger partial charge is 0.206 e. The number of hydrogen-bond donors (Lipinski definition) is 1. The molecule has 1 N–H and O–H groups in total. The Balaban J connectivity index is 2.14. The van der Waals surface area contributed by atoms with E-state index < -0.39 is 0 Å². The minimum Gasteiger partial charge on any atom is -0.353 e. The van der Waals surface area contributed by atoms with Crippen molar-refractivity contribution in [1.82, 2.24) is 20.0 Å². The van der Waals surface area contributed by atoms with Crippen LogP contribution in [0.15, 0.2) is 6.20 Å². The predicted octanol–water partition coefficient (Wildman–Crippen LogP) is 2.06. The monoisotopic (exact) mass is 237 g/mol. The van der Waals surface area contributed by atoms with E-state index in [1.165, 1.54) is 5.56 Å². The third-order valence-corrected chi connectivity index (χ3v) is 3.15. The molecule has 0 amide bonds. The average Bonchev–Trinajstić information content (AvgIpc) is 2.73. The molecule has 0 spiro atoms. The molecule has 0 aromatic carbocycles. The lowest BCUT2D eigenvalue weighted by Gasteiger charge is -2.10. The molecule has 1 unspecified atom stereocenters. The zero-order chi connectivity index (χ0) is 11.7. The van der Waals surface area contributed by atoms with Crippen molar-refractivity contribution in [1.29, 1.82) is 0 Å². The molecule has 0 aliphatic carbocycles. The maximum Gasteiger partial charge on any atom is 0.206 e. The lowest BCUT2D eigenvalue weighted by molar-refractivity contribution is 0.756. The number of aryl methyl sites for hydroxylation is 3. The van der Waals surface area contributed by atoms with Gasteiger partial charge >= 0.3 is 0 Å². The fraction of sp³-hybridized carbons (Fsp3) is 0.500. The Morgan fingerprint density at radius 3 is 2.62 bits per heavy atom. The van der Waals surface area contributed by atoms with Crippen molar-refractivity contribution in [3.05, 3.63) is 22.5 Å². The zero-order valence-corrected chi connectivity index (χ0v) is 10.7. The van der Waals surface area contributed by atoms with E-state index in [-0.39, 0.29) is 6.04 Å². The molecule has 0 aliphatic heterocycles. The molecule has 2 rings (SSSR count). The second-order valence-corrected chi connectivity index (χ2v) is 5.02. The number of rotatable bonds is 3. The van der Waals surface area contributed by atoms with Gasteiger partial charge in [0.2, 0.25) is 5.13 Å². The minimum atomic E-state index is 0.195. The number of nitrogens with zero attached hydrogens (tertiary/aromatic N) is 4. The standard InChI is InChI=1S/C10H15N5S/c1-6(9-5-15(4)14-7(9)2)11-10-13-12-8(3)16-10/h5-6H,1-4H3,(H,11,13). The molecule has 2 aromatic rings. The first-order valence-corrected chi connectivity index (χ1v) is 5.94. The van der Waals surface area contributed by atoms with Crippen LogP contribution >= 0.6 is 11.3 Å². The van der Waals surface area contributed by atoms with Gasteiger partial charge in [-0.15, -0.1) is 10.2 Å². The summed E-state index contributed by atoms with van der Waals surface area (Å²) in [6.07, 6.45) is 2.03. The largest absolute Gasteiger partial charge is 0.353 e. The number of anilines is 1. The molecule has 0 radical (unpaired) electrons. The first kappa shape index (κ1) is 11.1. The van der Waals surface area contributed by atoms with Gasteiger partial charge in [0.05, 0.1) is 11.7 Å². The quantitative estimate of drug-likeness (QED) is 0.887. The highest BCUT2D eigenvalue weighted by molar-refractivity contribution is 7.15. The third-order valence-electron chi connectivity index (χ3n) is 2.38. The van der Waals surface area contributed by atoms with Gasteiger partial charge < -0.3 is 5.32 Å². The van der Waals surface area contributed by atoms with Gasteiger partial charge in [0, 0.05) is 18.8 Å². The Hall–Kier alpha value is -1.43. The van der Waals surface area contributed by atoms with Gasteiger partial charge in [-0.2, -0.15) is 5.10 Å². The molecule has 1 atom stereocenters. The third kappa shape index (κ3) is 2.21. The molecule has 0 saturated carbocycles. The molecule has 6 heteroatoms. The van der Waals surface area contributed by atoms with Crippen molar-refractivity contribution in [2.75, 3.05) is 5.32 Å². The van der Waals surface area contributed by atoms with Gasteiger partial charge in [-0.25, -0.2) is 0 Å². The first-order valence-electron chi connectivity index (χ1n) is 5.13. The predicted molar refractivity (Wildman–Crippen MR) is 64.6 cm³/mol. The van der Waals surface area contributed by atoms with Crippen LogP contribution in [0.5, 0.6) is 0 Å². The molecule has 86 valence electrons. The summed E-state index contributed by atoms with van der Waals surface area (Å²) < 4.78 is 1.83. The van der Waals surface area contributed by atoms with Gasteiger partial charge in [-0.1, -0.05) is 11.3 Å². The normalized spacial score (nSPS) is 12.8. The first-order chi connectivity index (χ1) is 7.56. The van der Waals surface area contributed by atoms with E-state index in [0.29, 0.717) is 0 Å². The highest BCUT2D eigenvalue weighted by atomic mass is 32.1. The fourth-order valence-electron chi connectivity index (χ4n) is 1.66. The molecule has 0 fully saturated rings. The lowest BCUT2D eigenvalue weighted by Crippen LogP contribution is -2.06. The van der Waals surface area contributed by atoms with Crippen molar-refractivity contribution < 1.29 is 0 Å². The van der Waals surface area contributed by atoms with Crippen LogP contribution in [0.25, 0.3) is 0 Å². The molecular formula is C10H15N5S. The summed E-state index contributed by atoms with van der Waals surface area (Å²) in [5.41, 5.74) is 2.24. The van der Waals surface area contributed by atoms with Gasteiger partial charge in [-0.05, 0) is 20.8 Å². The maximum atomic E-state index is 4.32. The van der Waals surface area contributed by atoms with Crippen molar-refractivity contribution in [3.63, 3.8) is 0 Å². The topological polar surface area (TPSA) is 55.6 Å². The highest BCUT2D eigenvalue weighted by Crippen LogP contribution is 2.23. The molecule has 2 aromatic heterocycles.